The van der Waals surface area contributed by atoms with E-state index in [-0.39, 0.29) is 5.91 Å². The molecule has 1 aromatic carbocycles. The molecule has 1 amide bonds. The third-order valence-corrected chi connectivity index (χ3v) is 4.59. The van der Waals surface area contributed by atoms with Crippen LogP contribution in [0.5, 0.6) is 0 Å². The standard InChI is InChI=1S/C14H20ClN3OS/c15-12-1-3-13(4-2-12)20-10-7-17-14(19)11-18-8-5-16-6-9-18/h1-4,16H,5-11H2,(H,17,19)/p+2. The Bertz CT molecular complexity index is 421. The third-order valence-electron chi connectivity index (χ3n) is 3.32. The van der Waals surface area contributed by atoms with Gasteiger partial charge in [0.05, 0.1) is 0 Å². The lowest BCUT2D eigenvalue weighted by atomic mass is 10.3. The lowest BCUT2D eigenvalue weighted by molar-refractivity contribution is -0.940. The fraction of sp³-hybridized carbons (Fsp3) is 0.500. The summed E-state index contributed by atoms with van der Waals surface area (Å²) in [7, 11) is 0. The molecular weight excluding hydrogens is 294 g/mol. The largest absolute Gasteiger partial charge is 0.350 e. The highest BCUT2D eigenvalue weighted by Gasteiger charge is 2.18. The molecule has 1 aromatic rings. The van der Waals surface area contributed by atoms with E-state index in [2.05, 4.69) is 10.6 Å². The first-order chi connectivity index (χ1) is 9.74. The molecule has 0 aromatic heterocycles. The van der Waals surface area contributed by atoms with Gasteiger partial charge in [-0.2, -0.15) is 0 Å². The van der Waals surface area contributed by atoms with E-state index in [0.29, 0.717) is 13.1 Å². The number of amides is 1. The van der Waals surface area contributed by atoms with Crippen LogP contribution >= 0.6 is 23.4 Å². The number of hydrogen-bond acceptors (Lipinski definition) is 2. The molecule has 0 radical (unpaired) electrons. The first-order valence-corrected chi connectivity index (χ1v) is 8.41. The van der Waals surface area contributed by atoms with Gasteiger partial charge in [-0.3, -0.25) is 4.79 Å². The fourth-order valence-corrected chi connectivity index (χ4v) is 3.13. The van der Waals surface area contributed by atoms with Crippen LogP contribution in [-0.2, 0) is 4.79 Å². The Kier molecular flexibility index (Phi) is 6.66. The zero-order valence-corrected chi connectivity index (χ0v) is 13.1. The summed E-state index contributed by atoms with van der Waals surface area (Å²) >= 11 is 7.57. The Morgan fingerprint density at radius 1 is 1.30 bits per heavy atom. The lowest BCUT2D eigenvalue weighted by Gasteiger charge is -2.21. The van der Waals surface area contributed by atoms with Crippen LogP contribution in [0.1, 0.15) is 0 Å². The van der Waals surface area contributed by atoms with Crippen LogP contribution in [0.3, 0.4) is 0 Å². The Morgan fingerprint density at radius 2 is 2.00 bits per heavy atom. The quantitative estimate of drug-likeness (QED) is 0.466. The minimum absolute atomic E-state index is 0.165. The van der Waals surface area contributed by atoms with Crippen LogP contribution in [0.4, 0.5) is 0 Å². The summed E-state index contributed by atoms with van der Waals surface area (Å²) < 4.78 is 0. The molecule has 1 heterocycles. The molecule has 1 fully saturated rings. The van der Waals surface area contributed by atoms with Crippen LogP contribution in [-0.4, -0.2) is 50.9 Å². The van der Waals surface area contributed by atoms with Gasteiger partial charge in [-0.1, -0.05) is 11.6 Å². The van der Waals surface area contributed by atoms with Crippen LogP contribution in [0, 0.1) is 0 Å². The number of hydrogen-bond donors (Lipinski definition) is 3. The fourth-order valence-electron chi connectivity index (χ4n) is 2.24. The van der Waals surface area contributed by atoms with Crippen molar-refractivity contribution in [3.63, 3.8) is 0 Å². The summed E-state index contributed by atoms with van der Waals surface area (Å²) in [4.78, 5) is 14.4. The van der Waals surface area contributed by atoms with E-state index in [1.807, 2.05) is 24.3 Å². The van der Waals surface area contributed by atoms with Gasteiger partial charge in [0, 0.05) is 22.2 Å². The van der Waals surface area contributed by atoms with Gasteiger partial charge in [-0.25, -0.2) is 0 Å². The van der Waals surface area contributed by atoms with Gasteiger partial charge in [0.1, 0.15) is 26.2 Å². The zero-order valence-electron chi connectivity index (χ0n) is 11.5. The molecule has 1 aliphatic rings. The first kappa shape index (κ1) is 15.6. The minimum atomic E-state index is 0.165. The molecule has 20 heavy (non-hydrogen) atoms. The summed E-state index contributed by atoms with van der Waals surface area (Å²) in [6, 6.07) is 7.78. The second-order valence-electron chi connectivity index (χ2n) is 4.95. The average molecular weight is 316 g/mol. The maximum absolute atomic E-state index is 11.8. The van der Waals surface area contributed by atoms with E-state index in [1.54, 1.807) is 11.8 Å². The maximum Gasteiger partial charge on any atom is 0.275 e. The van der Waals surface area contributed by atoms with Crippen molar-refractivity contribution >= 4 is 29.3 Å². The molecule has 0 bridgehead atoms. The van der Waals surface area contributed by atoms with Gasteiger partial charge in [0.25, 0.3) is 5.91 Å². The number of nitrogens with two attached hydrogens (primary N) is 1. The van der Waals surface area contributed by atoms with E-state index in [1.165, 1.54) is 9.80 Å². The van der Waals surface area contributed by atoms with E-state index in [9.17, 15) is 4.79 Å². The Hall–Kier alpha value is -0.750. The number of carbonyl (C=O) groups excluding carboxylic acids is 1. The molecule has 1 aliphatic heterocycles. The van der Waals surface area contributed by atoms with Gasteiger partial charge in [-0.15, -0.1) is 11.8 Å². The van der Waals surface area contributed by atoms with Gasteiger partial charge in [0.15, 0.2) is 6.54 Å². The molecular formula is C14H22ClN3OS+2. The van der Waals surface area contributed by atoms with Crippen molar-refractivity contribution in [1.82, 2.24) is 5.32 Å². The molecule has 6 heteroatoms. The van der Waals surface area contributed by atoms with Crippen LogP contribution in [0.25, 0.3) is 0 Å². The molecule has 0 spiro atoms. The average Bonchev–Trinajstić information content (AvgIpc) is 2.46. The monoisotopic (exact) mass is 315 g/mol. The molecule has 2 rings (SSSR count). The molecule has 4 N–H and O–H groups in total. The van der Waals surface area contributed by atoms with Gasteiger partial charge in [-0.05, 0) is 24.3 Å². The Labute approximate surface area is 129 Å². The molecule has 0 saturated carbocycles. The number of carbonyl (C=O) groups is 1. The van der Waals surface area contributed by atoms with Gasteiger partial charge in [0.2, 0.25) is 0 Å². The molecule has 0 aliphatic carbocycles. The van der Waals surface area contributed by atoms with Crippen molar-refractivity contribution < 1.29 is 15.0 Å². The highest BCUT2D eigenvalue weighted by molar-refractivity contribution is 7.99. The zero-order chi connectivity index (χ0) is 14.2. The van der Waals surface area contributed by atoms with Crippen LogP contribution in [0.15, 0.2) is 29.2 Å². The first-order valence-electron chi connectivity index (χ1n) is 7.04. The van der Waals surface area contributed by atoms with Gasteiger partial charge < -0.3 is 15.5 Å². The van der Waals surface area contributed by atoms with Crippen molar-refractivity contribution in [2.45, 2.75) is 4.90 Å². The molecule has 110 valence electrons. The normalized spacial score (nSPS) is 16.1. The number of nitrogens with one attached hydrogen (secondary N) is 2. The number of quaternary nitrogens is 2. The summed E-state index contributed by atoms with van der Waals surface area (Å²) in [5, 5.41) is 6.06. The summed E-state index contributed by atoms with van der Waals surface area (Å²) in [6.45, 7) is 5.77. The number of thioether (sulfide) groups is 1. The molecule has 0 unspecified atom stereocenters. The molecule has 1 saturated heterocycles. The SMILES string of the molecule is O=C(C[NH+]1CC[NH2+]CC1)NCCSc1ccc(Cl)cc1. The van der Waals surface area contributed by atoms with E-state index in [0.717, 1.165) is 37.0 Å². The number of halogens is 1. The third kappa shape index (κ3) is 5.71. The second kappa shape index (κ2) is 8.52. The van der Waals surface area contributed by atoms with E-state index >= 15 is 0 Å². The predicted octanol–water partition coefficient (Wildman–Crippen LogP) is -0.990. The van der Waals surface area contributed by atoms with Crippen molar-refractivity contribution in [3.8, 4) is 0 Å². The summed E-state index contributed by atoms with van der Waals surface area (Å²) in [6.07, 6.45) is 0. The minimum Gasteiger partial charge on any atom is -0.350 e. The number of benzene rings is 1. The van der Waals surface area contributed by atoms with Gasteiger partial charge >= 0.3 is 0 Å². The van der Waals surface area contributed by atoms with Crippen molar-refractivity contribution in [3.05, 3.63) is 29.3 Å². The lowest BCUT2D eigenvalue weighted by Crippen LogP contribution is -3.21. The van der Waals surface area contributed by atoms with Crippen molar-refractivity contribution in [1.29, 1.82) is 0 Å². The number of piperazine rings is 1. The predicted molar refractivity (Wildman–Crippen MR) is 82.4 cm³/mol. The number of rotatable bonds is 6. The van der Waals surface area contributed by atoms with Crippen LogP contribution in [0.2, 0.25) is 5.02 Å². The molecule has 0 atom stereocenters. The Morgan fingerprint density at radius 3 is 2.70 bits per heavy atom. The second-order valence-corrected chi connectivity index (χ2v) is 6.55. The smallest absolute Gasteiger partial charge is 0.275 e. The molecule has 4 nitrogen and oxygen atoms in total. The topological polar surface area (TPSA) is 50.2 Å². The maximum atomic E-state index is 11.8. The van der Waals surface area contributed by atoms with Crippen molar-refractivity contribution in [2.24, 2.45) is 0 Å². The van der Waals surface area contributed by atoms with Crippen LogP contribution < -0.4 is 15.5 Å². The van der Waals surface area contributed by atoms with E-state index < -0.39 is 0 Å². The van der Waals surface area contributed by atoms with Crippen molar-refractivity contribution in [2.75, 3.05) is 45.0 Å². The summed E-state index contributed by atoms with van der Waals surface area (Å²) in [5.74, 6) is 1.05. The Balaban J connectivity index is 1.58. The summed E-state index contributed by atoms with van der Waals surface area (Å²) in [5.41, 5.74) is 0. The highest BCUT2D eigenvalue weighted by Crippen LogP contribution is 2.19. The highest BCUT2D eigenvalue weighted by atomic mass is 35.5. The van der Waals surface area contributed by atoms with E-state index in [4.69, 9.17) is 11.6 Å².